The Morgan fingerprint density at radius 3 is 2.86 bits per heavy atom. The number of carboxylic acid groups (broad SMARTS) is 1. The fourth-order valence-corrected chi connectivity index (χ4v) is 2.40. The number of likely N-dealkylation sites (tertiary alicyclic amines) is 1. The molecule has 0 aromatic carbocycles. The van der Waals surface area contributed by atoms with Crippen LogP contribution < -0.4 is 0 Å². The van der Waals surface area contributed by atoms with Gasteiger partial charge in [-0.15, -0.1) is 0 Å². The van der Waals surface area contributed by atoms with Gasteiger partial charge in [-0.1, -0.05) is 6.07 Å². The predicted molar refractivity (Wildman–Crippen MR) is 74.7 cm³/mol. The van der Waals surface area contributed by atoms with Gasteiger partial charge in [0, 0.05) is 44.9 Å². The van der Waals surface area contributed by atoms with Crippen molar-refractivity contribution in [3.05, 3.63) is 30.1 Å². The van der Waals surface area contributed by atoms with Crippen LogP contribution in [0.3, 0.4) is 0 Å². The van der Waals surface area contributed by atoms with E-state index in [9.17, 15) is 14.7 Å². The Kier molecular flexibility index (Phi) is 4.74. The number of hydrogen-bond acceptors (Lipinski definition) is 4. The Morgan fingerprint density at radius 2 is 2.24 bits per heavy atom. The molecular weight excluding hydrogens is 274 g/mol. The molecule has 2 atom stereocenters. The number of rotatable bonds is 4. The molecule has 2 N–H and O–H groups in total. The molecule has 21 heavy (non-hydrogen) atoms. The quantitative estimate of drug-likeness (QED) is 0.827. The van der Waals surface area contributed by atoms with Gasteiger partial charge in [0.15, 0.2) is 0 Å². The molecule has 0 radical (unpaired) electrons. The number of carbonyl (C=O) groups is 2. The van der Waals surface area contributed by atoms with Crippen molar-refractivity contribution in [2.75, 3.05) is 20.1 Å². The predicted octanol–water partition coefficient (Wildman–Crippen LogP) is 0.196. The number of aromatic nitrogens is 1. The fraction of sp³-hybridized carbons (Fsp3) is 0.500. The molecule has 2 heterocycles. The maximum absolute atomic E-state index is 12.3. The topological polar surface area (TPSA) is 94.0 Å². The Bertz CT molecular complexity index is 508. The van der Waals surface area contributed by atoms with Crippen molar-refractivity contribution in [1.29, 1.82) is 0 Å². The lowest BCUT2D eigenvalue weighted by molar-refractivity contribution is -0.141. The van der Waals surface area contributed by atoms with E-state index in [-0.39, 0.29) is 19.0 Å². The van der Waals surface area contributed by atoms with E-state index in [1.807, 2.05) is 18.2 Å². The summed E-state index contributed by atoms with van der Waals surface area (Å²) in [5, 5.41) is 18.7. The molecule has 1 aromatic rings. The lowest BCUT2D eigenvalue weighted by atomic mass is 10.2. The zero-order chi connectivity index (χ0) is 15.4. The highest BCUT2D eigenvalue weighted by Crippen LogP contribution is 2.19. The Labute approximate surface area is 122 Å². The second-order valence-corrected chi connectivity index (χ2v) is 5.17. The van der Waals surface area contributed by atoms with Crippen molar-refractivity contribution in [2.45, 2.75) is 25.0 Å². The lowest BCUT2D eigenvalue weighted by Crippen LogP contribution is -2.47. The number of aliphatic hydroxyl groups excluding tert-OH is 1. The van der Waals surface area contributed by atoms with Crippen LogP contribution in [0.1, 0.15) is 12.1 Å². The van der Waals surface area contributed by atoms with E-state index in [1.165, 1.54) is 9.80 Å². The van der Waals surface area contributed by atoms with Crippen LogP contribution >= 0.6 is 0 Å². The van der Waals surface area contributed by atoms with Gasteiger partial charge in [0.25, 0.3) is 0 Å². The monoisotopic (exact) mass is 293 g/mol. The van der Waals surface area contributed by atoms with Crippen molar-refractivity contribution in [2.24, 2.45) is 0 Å². The summed E-state index contributed by atoms with van der Waals surface area (Å²) in [7, 11) is 1.62. The SMILES string of the molecule is CN(CCc1ccccn1)C(=O)N1CC(O)C[C@H]1C(=O)O. The first-order chi connectivity index (χ1) is 9.99. The van der Waals surface area contributed by atoms with Crippen LogP contribution in [0, 0.1) is 0 Å². The van der Waals surface area contributed by atoms with Crippen LogP contribution in [0.15, 0.2) is 24.4 Å². The minimum atomic E-state index is -1.09. The first-order valence-corrected chi connectivity index (χ1v) is 6.81. The van der Waals surface area contributed by atoms with Crippen LogP contribution in [-0.4, -0.2) is 69.3 Å². The first-order valence-electron chi connectivity index (χ1n) is 6.81. The molecule has 0 bridgehead atoms. The van der Waals surface area contributed by atoms with Crippen molar-refractivity contribution in [3.8, 4) is 0 Å². The summed E-state index contributed by atoms with van der Waals surface area (Å²) in [4.78, 5) is 30.3. The maximum atomic E-state index is 12.3. The van der Waals surface area contributed by atoms with Crippen molar-refractivity contribution in [1.82, 2.24) is 14.8 Å². The van der Waals surface area contributed by atoms with Crippen LogP contribution in [0.4, 0.5) is 4.79 Å². The highest BCUT2D eigenvalue weighted by atomic mass is 16.4. The number of nitrogens with zero attached hydrogens (tertiary/aromatic N) is 3. The highest BCUT2D eigenvalue weighted by molar-refractivity contribution is 5.83. The first kappa shape index (κ1) is 15.2. The molecule has 1 fully saturated rings. The summed E-state index contributed by atoms with van der Waals surface area (Å²) in [5.41, 5.74) is 0.869. The number of aliphatic carboxylic acids is 1. The lowest BCUT2D eigenvalue weighted by Gasteiger charge is -2.27. The number of β-amino-alcohol motifs (C(OH)–C–C–N with tert-alkyl or cyclic N) is 1. The number of pyridine rings is 1. The minimum Gasteiger partial charge on any atom is -0.480 e. The molecule has 2 rings (SSSR count). The molecule has 7 nitrogen and oxygen atoms in total. The largest absolute Gasteiger partial charge is 0.480 e. The Balaban J connectivity index is 1.94. The van der Waals surface area contributed by atoms with Gasteiger partial charge in [-0.2, -0.15) is 0 Å². The van der Waals surface area contributed by atoms with Gasteiger partial charge in [-0.3, -0.25) is 4.98 Å². The molecule has 2 amide bonds. The summed E-state index contributed by atoms with van der Waals surface area (Å²) in [6, 6.07) is 4.24. The van der Waals surface area contributed by atoms with Crippen LogP contribution in [0.5, 0.6) is 0 Å². The van der Waals surface area contributed by atoms with Gasteiger partial charge in [0.2, 0.25) is 0 Å². The van der Waals surface area contributed by atoms with Crippen molar-refractivity contribution >= 4 is 12.0 Å². The molecule has 1 unspecified atom stereocenters. The van der Waals surface area contributed by atoms with Gasteiger partial charge >= 0.3 is 12.0 Å². The number of amides is 2. The standard InChI is InChI=1S/C14H19N3O4/c1-16(7-5-10-4-2-3-6-15-10)14(21)17-9-11(18)8-12(17)13(19)20/h2-4,6,11-12,18H,5,7-9H2,1H3,(H,19,20)/t11?,12-/m0/s1. The third-order valence-electron chi connectivity index (χ3n) is 3.57. The van der Waals surface area contributed by atoms with Gasteiger partial charge < -0.3 is 20.0 Å². The van der Waals surface area contributed by atoms with E-state index in [1.54, 1.807) is 13.2 Å². The Morgan fingerprint density at radius 1 is 1.48 bits per heavy atom. The van der Waals surface area contributed by atoms with E-state index in [2.05, 4.69) is 4.98 Å². The normalized spacial score (nSPS) is 21.3. The second kappa shape index (κ2) is 6.53. The molecule has 1 aliphatic heterocycles. The van der Waals surface area contributed by atoms with Gasteiger partial charge in [-0.25, -0.2) is 9.59 Å². The summed E-state index contributed by atoms with van der Waals surface area (Å²) in [6.45, 7) is 0.499. The summed E-state index contributed by atoms with van der Waals surface area (Å²) >= 11 is 0. The second-order valence-electron chi connectivity index (χ2n) is 5.17. The number of carboxylic acids is 1. The third-order valence-corrected chi connectivity index (χ3v) is 3.57. The van der Waals surface area contributed by atoms with Crippen LogP contribution in [0.2, 0.25) is 0 Å². The van der Waals surface area contributed by atoms with Crippen LogP contribution in [-0.2, 0) is 11.2 Å². The number of aliphatic hydroxyl groups is 1. The van der Waals surface area contributed by atoms with E-state index in [4.69, 9.17) is 5.11 Å². The molecule has 1 aliphatic rings. The molecule has 0 aliphatic carbocycles. The Hall–Kier alpha value is -2.15. The average molecular weight is 293 g/mol. The molecule has 1 aromatic heterocycles. The van der Waals surface area contributed by atoms with Crippen molar-refractivity contribution < 1.29 is 19.8 Å². The maximum Gasteiger partial charge on any atom is 0.326 e. The number of urea groups is 1. The molecule has 114 valence electrons. The van der Waals surface area contributed by atoms with Crippen molar-refractivity contribution in [3.63, 3.8) is 0 Å². The number of hydrogen-bond donors (Lipinski definition) is 2. The fourth-order valence-electron chi connectivity index (χ4n) is 2.40. The molecule has 1 saturated heterocycles. The third kappa shape index (κ3) is 3.69. The molecule has 7 heteroatoms. The minimum absolute atomic E-state index is 0.0593. The number of carbonyl (C=O) groups excluding carboxylic acids is 1. The summed E-state index contributed by atoms with van der Waals surface area (Å²) in [6.07, 6.45) is 1.58. The van der Waals surface area contributed by atoms with E-state index in [0.29, 0.717) is 13.0 Å². The summed E-state index contributed by atoms with van der Waals surface area (Å²) in [5.74, 6) is -1.09. The zero-order valence-electron chi connectivity index (χ0n) is 11.8. The van der Waals surface area contributed by atoms with Gasteiger partial charge in [-0.05, 0) is 12.1 Å². The molecule has 0 spiro atoms. The van der Waals surface area contributed by atoms with Gasteiger partial charge in [0.05, 0.1) is 6.10 Å². The molecule has 0 saturated carbocycles. The van der Waals surface area contributed by atoms with E-state index < -0.39 is 18.1 Å². The van der Waals surface area contributed by atoms with Gasteiger partial charge in [0.1, 0.15) is 6.04 Å². The number of likely N-dealkylation sites (N-methyl/N-ethyl adjacent to an activating group) is 1. The van der Waals surface area contributed by atoms with Crippen LogP contribution in [0.25, 0.3) is 0 Å². The average Bonchev–Trinajstić information content (AvgIpc) is 2.87. The zero-order valence-corrected chi connectivity index (χ0v) is 11.8. The molecular formula is C14H19N3O4. The highest BCUT2D eigenvalue weighted by Gasteiger charge is 2.39. The van der Waals surface area contributed by atoms with E-state index in [0.717, 1.165) is 5.69 Å². The summed E-state index contributed by atoms with van der Waals surface area (Å²) < 4.78 is 0. The van der Waals surface area contributed by atoms with E-state index >= 15 is 0 Å². The smallest absolute Gasteiger partial charge is 0.326 e.